The van der Waals surface area contributed by atoms with Gasteiger partial charge in [-0.15, -0.1) is 11.3 Å². The van der Waals surface area contributed by atoms with E-state index in [-0.39, 0.29) is 11.3 Å². The summed E-state index contributed by atoms with van der Waals surface area (Å²) in [7, 11) is 3.61. The van der Waals surface area contributed by atoms with E-state index in [4.69, 9.17) is 4.74 Å². The number of benzene rings is 1. The second-order valence-electron chi connectivity index (χ2n) is 8.24. The number of para-hydroxylation sites is 1. The molecule has 2 heterocycles. The molecule has 0 unspecified atom stereocenters. The summed E-state index contributed by atoms with van der Waals surface area (Å²) in [4.78, 5) is 21.5. The van der Waals surface area contributed by atoms with Crippen LogP contribution in [-0.4, -0.2) is 54.5 Å². The number of hydrogen-bond acceptors (Lipinski definition) is 5. The van der Waals surface area contributed by atoms with E-state index < -0.39 is 0 Å². The van der Waals surface area contributed by atoms with Crippen LogP contribution in [0, 0.1) is 11.3 Å². The van der Waals surface area contributed by atoms with Crippen molar-refractivity contribution in [1.29, 1.82) is 0 Å². The molecular weight excluding hydrogens is 382 g/mol. The molecule has 6 heteroatoms. The molecule has 1 atom stereocenters. The Bertz CT molecular complexity index is 857. The average molecular weight is 412 g/mol. The van der Waals surface area contributed by atoms with E-state index in [0.717, 1.165) is 55.9 Å². The molecule has 4 rings (SSSR count). The maximum atomic E-state index is 12.8. The molecule has 2 aromatic rings. The predicted octanol–water partition coefficient (Wildman–Crippen LogP) is 3.93. The van der Waals surface area contributed by atoms with E-state index >= 15 is 0 Å². The van der Waals surface area contributed by atoms with Crippen molar-refractivity contribution in [2.45, 2.75) is 25.8 Å². The minimum Gasteiger partial charge on any atom is -0.496 e. The highest BCUT2D eigenvalue weighted by Crippen LogP contribution is 2.60. The smallest absolute Gasteiger partial charge is 0.226 e. The molecule has 1 aromatic carbocycles. The van der Waals surface area contributed by atoms with Crippen molar-refractivity contribution in [2.24, 2.45) is 11.3 Å². The van der Waals surface area contributed by atoms with Crippen LogP contribution < -0.4 is 4.74 Å². The van der Waals surface area contributed by atoms with Crippen LogP contribution in [0.3, 0.4) is 0 Å². The molecule has 5 nitrogen and oxygen atoms in total. The second kappa shape index (κ2) is 8.67. The van der Waals surface area contributed by atoms with Crippen LogP contribution in [0.15, 0.2) is 41.2 Å². The molecule has 154 valence electrons. The van der Waals surface area contributed by atoms with Gasteiger partial charge in [-0.25, -0.2) is 4.98 Å². The third kappa shape index (κ3) is 4.54. The van der Waals surface area contributed by atoms with Crippen LogP contribution in [-0.2, 0) is 11.3 Å². The number of thiazole rings is 1. The van der Waals surface area contributed by atoms with Gasteiger partial charge >= 0.3 is 0 Å². The van der Waals surface area contributed by atoms with Crippen molar-refractivity contribution < 1.29 is 9.53 Å². The predicted molar refractivity (Wildman–Crippen MR) is 117 cm³/mol. The molecule has 0 bridgehead atoms. The lowest BCUT2D eigenvalue weighted by Crippen LogP contribution is -2.37. The largest absolute Gasteiger partial charge is 0.496 e. The molecular formula is C23H29N3O2S. The first-order valence-corrected chi connectivity index (χ1v) is 11.2. The molecule has 1 spiro atoms. The van der Waals surface area contributed by atoms with Gasteiger partial charge in [0.1, 0.15) is 5.75 Å². The fourth-order valence-electron chi connectivity index (χ4n) is 4.47. The molecule has 2 fully saturated rings. The number of methoxy groups -OCH3 is 1. The summed E-state index contributed by atoms with van der Waals surface area (Å²) in [6.45, 7) is 3.69. The number of hydrogen-bond donors (Lipinski definition) is 0. The molecule has 0 N–H and O–H groups in total. The third-order valence-corrected chi connectivity index (χ3v) is 7.03. The first kappa shape index (κ1) is 20.1. The fraction of sp³-hybridized carbons (Fsp3) is 0.478. The van der Waals surface area contributed by atoms with E-state index in [9.17, 15) is 4.79 Å². The number of likely N-dealkylation sites (tertiary alicyclic amines) is 1. The molecule has 0 radical (unpaired) electrons. The quantitative estimate of drug-likeness (QED) is 0.693. The number of aromatic nitrogens is 1. The van der Waals surface area contributed by atoms with Gasteiger partial charge < -0.3 is 9.64 Å². The zero-order valence-electron chi connectivity index (χ0n) is 17.2. The lowest BCUT2D eigenvalue weighted by Gasteiger charge is -2.32. The van der Waals surface area contributed by atoms with Crippen molar-refractivity contribution in [1.82, 2.24) is 14.8 Å². The van der Waals surface area contributed by atoms with E-state index in [0.29, 0.717) is 12.5 Å². The number of carbonyl (C=O) groups is 1. The zero-order valence-corrected chi connectivity index (χ0v) is 18.0. The maximum absolute atomic E-state index is 12.8. The van der Waals surface area contributed by atoms with Crippen molar-refractivity contribution in [2.75, 3.05) is 33.8 Å². The van der Waals surface area contributed by atoms with Gasteiger partial charge in [0, 0.05) is 30.5 Å². The number of amides is 1. The van der Waals surface area contributed by atoms with Crippen molar-refractivity contribution in [3.63, 3.8) is 0 Å². The number of rotatable bonds is 7. The van der Waals surface area contributed by atoms with Crippen LogP contribution in [0.4, 0.5) is 0 Å². The van der Waals surface area contributed by atoms with Crippen molar-refractivity contribution in [3.05, 3.63) is 52.5 Å². The third-order valence-electron chi connectivity index (χ3n) is 6.40. The normalized spacial score (nSPS) is 20.8. The number of carbonyl (C=O) groups excluding carboxylic acids is 1. The lowest BCUT2D eigenvalue weighted by molar-refractivity contribution is -0.133. The monoisotopic (exact) mass is 411 g/mol. The topological polar surface area (TPSA) is 45.7 Å². The Morgan fingerprint density at radius 2 is 2.17 bits per heavy atom. The Morgan fingerprint density at radius 1 is 1.38 bits per heavy atom. The highest BCUT2D eigenvalue weighted by Gasteiger charge is 2.58. The molecule has 29 heavy (non-hydrogen) atoms. The average Bonchev–Trinajstić information content (AvgIpc) is 3.18. The van der Waals surface area contributed by atoms with Crippen molar-refractivity contribution >= 4 is 23.3 Å². The SMILES string of the molecule is COc1ccccc1/C=C/CN1CCC2(CC1)C[C@H]2C(=O)N(C)Cc1cscn1. The summed E-state index contributed by atoms with van der Waals surface area (Å²) >= 11 is 1.58. The van der Waals surface area contributed by atoms with Gasteiger partial charge in [0.25, 0.3) is 0 Å². The van der Waals surface area contributed by atoms with Crippen LogP contribution in [0.25, 0.3) is 6.08 Å². The summed E-state index contributed by atoms with van der Waals surface area (Å²) in [5.74, 6) is 1.40. The Balaban J connectivity index is 1.24. The second-order valence-corrected chi connectivity index (χ2v) is 8.96. The van der Waals surface area contributed by atoms with Gasteiger partial charge in [-0.3, -0.25) is 9.69 Å². The highest BCUT2D eigenvalue weighted by molar-refractivity contribution is 7.07. The Morgan fingerprint density at radius 3 is 2.90 bits per heavy atom. The summed E-state index contributed by atoms with van der Waals surface area (Å²) in [6.07, 6.45) is 7.65. The van der Waals surface area contributed by atoms with E-state index in [1.54, 1.807) is 18.4 Å². The standard InChI is InChI=1S/C23H29N3O2S/c1-25(15-19-16-29-17-24-19)22(27)20-14-23(20)9-12-26(13-10-23)11-5-7-18-6-3-4-8-21(18)28-2/h3-8,16-17,20H,9-15H2,1-2H3/b7-5+/t20-/m0/s1. The first-order valence-electron chi connectivity index (χ1n) is 10.3. The molecule has 1 aliphatic carbocycles. The maximum Gasteiger partial charge on any atom is 0.226 e. The summed E-state index contributed by atoms with van der Waals surface area (Å²) in [6, 6.07) is 8.08. The van der Waals surface area contributed by atoms with Gasteiger partial charge in [-0.1, -0.05) is 30.4 Å². The van der Waals surface area contributed by atoms with E-state index in [2.05, 4.69) is 28.1 Å². The van der Waals surface area contributed by atoms with Gasteiger partial charge in [0.2, 0.25) is 5.91 Å². The van der Waals surface area contributed by atoms with Gasteiger partial charge in [0.15, 0.2) is 0 Å². The molecule has 1 saturated heterocycles. The van der Waals surface area contributed by atoms with Gasteiger partial charge in [-0.2, -0.15) is 0 Å². The Labute approximate surface area is 177 Å². The number of piperidine rings is 1. The number of nitrogens with zero attached hydrogens (tertiary/aromatic N) is 3. The summed E-state index contributed by atoms with van der Waals surface area (Å²) in [5, 5.41) is 2.02. The fourth-order valence-corrected chi connectivity index (χ4v) is 5.02. The van der Waals surface area contributed by atoms with Crippen LogP contribution in [0.5, 0.6) is 5.75 Å². The highest BCUT2D eigenvalue weighted by atomic mass is 32.1. The molecule has 1 amide bonds. The molecule has 2 aliphatic rings. The minimum absolute atomic E-state index is 0.206. The molecule has 1 saturated carbocycles. The molecule has 1 aliphatic heterocycles. The van der Waals surface area contributed by atoms with E-state index in [1.807, 2.05) is 41.0 Å². The van der Waals surface area contributed by atoms with Gasteiger partial charge in [0.05, 0.1) is 24.9 Å². The van der Waals surface area contributed by atoms with E-state index in [1.165, 1.54) is 0 Å². The van der Waals surface area contributed by atoms with Crippen LogP contribution >= 0.6 is 11.3 Å². The Kier molecular flexibility index (Phi) is 6.01. The summed E-state index contributed by atoms with van der Waals surface area (Å²) in [5.41, 5.74) is 4.16. The van der Waals surface area contributed by atoms with Gasteiger partial charge in [-0.05, 0) is 43.8 Å². The summed E-state index contributed by atoms with van der Waals surface area (Å²) < 4.78 is 5.41. The van der Waals surface area contributed by atoms with Crippen LogP contribution in [0.1, 0.15) is 30.5 Å². The zero-order chi connectivity index (χ0) is 20.3. The minimum atomic E-state index is 0.206. The molecule has 1 aromatic heterocycles. The number of ether oxygens (including phenoxy) is 1. The lowest BCUT2D eigenvalue weighted by atomic mass is 9.90. The van der Waals surface area contributed by atoms with Crippen molar-refractivity contribution in [3.8, 4) is 5.75 Å². The Hall–Kier alpha value is -2.18. The first-order chi connectivity index (χ1) is 14.1. The van der Waals surface area contributed by atoms with Crippen LogP contribution in [0.2, 0.25) is 0 Å².